The summed E-state index contributed by atoms with van der Waals surface area (Å²) in [6.07, 6.45) is 4.82. The monoisotopic (exact) mass is 226 g/mol. The molecule has 1 fully saturated rings. The van der Waals surface area contributed by atoms with E-state index in [1.54, 1.807) is 0 Å². The number of hydrogen-bond acceptors (Lipinski definition) is 3. The van der Waals surface area contributed by atoms with Gasteiger partial charge in [-0.15, -0.1) is 6.58 Å². The molecule has 1 heterocycles. The minimum Gasteiger partial charge on any atom is -0.377 e. The largest absolute Gasteiger partial charge is 0.377 e. The Kier molecular flexibility index (Phi) is 6.69. The average Bonchev–Trinajstić information content (AvgIpc) is 2.78. The first kappa shape index (κ1) is 13.7. The first-order valence-corrected chi connectivity index (χ1v) is 6.45. The second kappa shape index (κ2) is 7.82. The van der Waals surface area contributed by atoms with E-state index in [2.05, 4.69) is 30.6 Å². The maximum absolute atomic E-state index is 5.68. The number of nitrogens with zero attached hydrogens (tertiary/aromatic N) is 1. The molecule has 0 aromatic carbocycles. The van der Waals surface area contributed by atoms with Crippen LogP contribution in [0.3, 0.4) is 0 Å². The summed E-state index contributed by atoms with van der Waals surface area (Å²) in [4.78, 5) is 2.49. The molecule has 2 atom stereocenters. The maximum Gasteiger partial charge on any atom is 0.0702 e. The third kappa shape index (κ3) is 4.64. The summed E-state index contributed by atoms with van der Waals surface area (Å²) in [5.41, 5.74) is 0. The lowest BCUT2D eigenvalue weighted by Crippen LogP contribution is -2.43. The lowest BCUT2D eigenvalue weighted by Gasteiger charge is -2.30. The Morgan fingerprint density at radius 2 is 2.44 bits per heavy atom. The molecular formula is C13H26N2O. The van der Waals surface area contributed by atoms with Crippen LogP contribution >= 0.6 is 0 Å². The van der Waals surface area contributed by atoms with Gasteiger partial charge in [0.25, 0.3) is 0 Å². The van der Waals surface area contributed by atoms with Crippen molar-refractivity contribution in [2.75, 3.05) is 32.8 Å². The fourth-order valence-corrected chi connectivity index (χ4v) is 2.19. The van der Waals surface area contributed by atoms with E-state index in [-0.39, 0.29) is 0 Å². The van der Waals surface area contributed by atoms with E-state index in [1.165, 1.54) is 12.8 Å². The number of ether oxygens (including phenoxy) is 1. The number of nitrogens with one attached hydrogen (secondary N) is 1. The molecule has 3 heteroatoms. The van der Waals surface area contributed by atoms with Crippen LogP contribution in [-0.2, 0) is 4.74 Å². The summed E-state index contributed by atoms with van der Waals surface area (Å²) in [7, 11) is 0. The van der Waals surface area contributed by atoms with Gasteiger partial charge in [-0.25, -0.2) is 0 Å². The molecule has 2 unspecified atom stereocenters. The number of rotatable bonds is 8. The SMILES string of the molecule is C=CCNCC(C)N(CC)CC1CCCO1. The molecule has 1 rings (SSSR count). The fraction of sp³-hybridized carbons (Fsp3) is 0.846. The molecule has 1 aliphatic heterocycles. The van der Waals surface area contributed by atoms with Crippen molar-refractivity contribution < 1.29 is 4.74 Å². The molecule has 94 valence electrons. The van der Waals surface area contributed by atoms with Crippen molar-refractivity contribution in [2.24, 2.45) is 0 Å². The first-order valence-electron chi connectivity index (χ1n) is 6.45. The molecule has 1 saturated heterocycles. The van der Waals surface area contributed by atoms with E-state index in [4.69, 9.17) is 4.74 Å². The summed E-state index contributed by atoms with van der Waals surface area (Å²) in [6.45, 7) is 13.2. The average molecular weight is 226 g/mol. The van der Waals surface area contributed by atoms with E-state index in [1.807, 2.05) is 6.08 Å². The predicted molar refractivity (Wildman–Crippen MR) is 68.7 cm³/mol. The fourth-order valence-electron chi connectivity index (χ4n) is 2.19. The molecule has 0 bridgehead atoms. The van der Waals surface area contributed by atoms with Crippen molar-refractivity contribution in [3.8, 4) is 0 Å². The Morgan fingerprint density at radius 3 is 3.00 bits per heavy atom. The summed E-state index contributed by atoms with van der Waals surface area (Å²) >= 11 is 0. The molecule has 0 saturated carbocycles. The van der Waals surface area contributed by atoms with Crippen LogP contribution in [0.4, 0.5) is 0 Å². The van der Waals surface area contributed by atoms with Gasteiger partial charge in [0, 0.05) is 32.3 Å². The van der Waals surface area contributed by atoms with Crippen LogP contribution in [0.1, 0.15) is 26.7 Å². The first-order chi connectivity index (χ1) is 7.77. The van der Waals surface area contributed by atoms with Crippen LogP contribution in [0.5, 0.6) is 0 Å². The van der Waals surface area contributed by atoms with Crippen molar-refractivity contribution in [3.63, 3.8) is 0 Å². The second-order valence-corrected chi connectivity index (χ2v) is 4.52. The highest BCUT2D eigenvalue weighted by atomic mass is 16.5. The Hall–Kier alpha value is -0.380. The smallest absolute Gasteiger partial charge is 0.0702 e. The molecule has 1 N–H and O–H groups in total. The zero-order valence-electron chi connectivity index (χ0n) is 10.7. The molecule has 0 spiro atoms. The van der Waals surface area contributed by atoms with Crippen LogP contribution < -0.4 is 5.32 Å². The van der Waals surface area contributed by atoms with Gasteiger partial charge in [-0.1, -0.05) is 13.0 Å². The lowest BCUT2D eigenvalue weighted by molar-refractivity contribution is 0.0620. The van der Waals surface area contributed by atoms with Gasteiger partial charge in [0.05, 0.1) is 6.10 Å². The van der Waals surface area contributed by atoms with E-state index < -0.39 is 0 Å². The Morgan fingerprint density at radius 1 is 1.62 bits per heavy atom. The molecular weight excluding hydrogens is 200 g/mol. The molecule has 16 heavy (non-hydrogen) atoms. The van der Waals surface area contributed by atoms with E-state index in [9.17, 15) is 0 Å². The summed E-state index contributed by atoms with van der Waals surface area (Å²) in [5.74, 6) is 0. The minimum atomic E-state index is 0.460. The van der Waals surface area contributed by atoms with Crippen LogP contribution in [0.25, 0.3) is 0 Å². The normalized spacial score (nSPS) is 22.6. The third-order valence-electron chi connectivity index (χ3n) is 3.22. The summed E-state index contributed by atoms with van der Waals surface area (Å²) in [5, 5.41) is 3.37. The molecule has 0 aromatic rings. The zero-order chi connectivity index (χ0) is 11.8. The van der Waals surface area contributed by atoms with Gasteiger partial charge in [-0.2, -0.15) is 0 Å². The van der Waals surface area contributed by atoms with Crippen molar-refractivity contribution >= 4 is 0 Å². The van der Waals surface area contributed by atoms with E-state index in [0.717, 1.165) is 32.8 Å². The van der Waals surface area contributed by atoms with E-state index in [0.29, 0.717) is 12.1 Å². The molecule has 0 amide bonds. The lowest BCUT2D eigenvalue weighted by atomic mass is 10.2. The van der Waals surface area contributed by atoms with Gasteiger partial charge in [-0.05, 0) is 26.3 Å². The van der Waals surface area contributed by atoms with Gasteiger partial charge >= 0.3 is 0 Å². The molecule has 0 aromatic heterocycles. The minimum absolute atomic E-state index is 0.460. The Labute approximate surface area is 99.8 Å². The highest BCUT2D eigenvalue weighted by Gasteiger charge is 2.20. The predicted octanol–water partition coefficient (Wildman–Crippen LogP) is 1.65. The summed E-state index contributed by atoms with van der Waals surface area (Å²) in [6, 6.07) is 0.564. The van der Waals surface area contributed by atoms with E-state index >= 15 is 0 Å². The number of hydrogen-bond donors (Lipinski definition) is 1. The summed E-state index contributed by atoms with van der Waals surface area (Å²) < 4.78 is 5.68. The highest BCUT2D eigenvalue weighted by Crippen LogP contribution is 2.14. The second-order valence-electron chi connectivity index (χ2n) is 4.52. The van der Waals surface area contributed by atoms with Crippen LogP contribution in [0.2, 0.25) is 0 Å². The van der Waals surface area contributed by atoms with Gasteiger partial charge in [-0.3, -0.25) is 4.90 Å². The molecule has 0 aliphatic carbocycles. The Bertz CT molecular complexity index is 190. The molecule has 0 radical (unpaired) electrons. The third-order valence-corrected chi connectivity index (χ3v) is 3.22. The topological polar surface area (TPSA) is 24.5 Å². The molecule has 1 aliphatic rings. The zero-order valence-corrected chi connectivity index (χ0v) is 10.7. The molecule has 3 nitrogen and oxygen atoms in total. The van der Waals surface area contributed by atoms with Crippen LogP contribution in [0.15, 0.2) is 12.7 Å². The maximum atomic E-state index is 5.68. The van der Waals surface area contributed by atoms with Crippen molar-refractivity contribution in [1.82, 2.24) is 10.2 Å². The standard InChI is InChI=1S/C13H26N2O/c1-4-8-14-10-12(3)15(5-2)11-13-7-6-9-16-13/h4,12-14H,1,5-11H2,2-3H3. The van der Waals surface area contributed by atoms with Gasteiger partial charge < -0.3 is 10.1 Å². The number of likely N-dealkylation sites (N-methyl/N-ethyl adjacent to an activating group) is 1. The quantitative estimate of drug-likeness (QED) is 0.503. The van der Waals surface area contributed by atoms with Gasteiger partial charge in [0.1, 0.15) is 0 Å². The van der Waals surface area contributed by atoms with Crippen molar-refractivity contribution in [2.45, 2.75) is 38.8 Å². The van der Waals surface area contributed by atoms with Gasteiger partial charge in [0.15, 0.2) is 0 Å². The van der Waals surface area contributed by atoms with Crippen LogP contribution in [-0.4, -0.2) is 49.8 Å². The van der Waals surface area contributed by atoms with Crippen molar-refractivity contribution in [1.29, 1.82) is 0 Å². The van der Waals surface area contributed by atoms with Gasteiger partial charge in [0.2, 0.25) is 0 Å². The van der Waals surface area contributed by atoms with Crippen LogP contribution in [0, 0.1) is 0 Å². The van der Waals surface area contributed by atoms with Crippen molar-refractivity contribution in [3.05, 3.63) is 12.7 Å². The Balaban J connectivity index is 2.24. The highest BCUT2D eigenvalue weighted by molar-refractivity contribution is 4.77.